The molecule has 1 N–H and O–H groups in total. The van der Waals surface area contributed by atoms with Gasteiger partial charge in [0.1, 0.15) is 5.82 Å². The van der Waals surface area contributed by atoms with E-state index < -0.39 is 15.3 Å². The molecule has 7 nitrogen and oxygen atoms in total. The summed E-state index contributed by atoms with van der Waals surface area (Å²) in [6, 6.07) is 3.67. The first kappa shape index (κ1) is 19.6. The zero-order valence-corrected chi connectivity index (χ0v) is 17.2. The SMILES string of the molecule is O=C(c1cccnc1N1CCCC1)N1CCCC(S(=O)(=O)NC2CCCC2)C1. The van der Waals surface area contributed by atoms with Crippen LogP contribution in [-0.4, -0.2) is 61.7 Å². The number of pyridine rings is 1. The van der Waals surface area contributed by atoms with Crippen molar-refractivity contribution in [2.75, 3.05) is 31.1 Å². The van der Waals surface area contributed by atoms with Gasteiger partial charge in [-0.3, -0.25) is 4.79 Å². The van der Waals surface area contributed by atoms with Crippen LogP contribution in [0.1, 0.15) is 61.7 Å². The van der Waals surface area contributed by atoms with E-state index in [0.29, 0.717) is 24.9 Å². The lowest BCUT2D eigenvalue weighted by molar-refractivity contribution is 0.0727. The highest BCUT2D eigenvalue weighted by atomic mass is 32.2. The van der Waals surface area contributed by atoms with Crippen molar-refractivity contribution in [3.05, 3.63) is 23.9 Å². The van der Waals surface area contributed by atoms with Gasteiger partial charge in [-0.25, -0.2) is 18.1 Å². The van der Waals surface area contributed by atoms with Crippen molar-refractivity contribution >= 4 is 21.7 Å². The number of carbonyl (C=O) groups excluding carboxylic acids is 1. The quantitative estimate of drug-likeness (QED) is 0.810. The van der Waals surface area contributed by atoms with E-state index in [1.54, 1.807) is 17.2 Å². The molecule has 1 saturated carbocycles. The number of piperidine rings is 1. The lowest BCUT2D eigenvalue weighted by Crippen LogP contribution is -2.50. The monoisotopic (exact) mass is 406 g/mol. The number of anilines is 1. The maximum atomic E-state index is 13.2. The molecule has 3 fully saturated rings. The summed E-state index contributed by atoms with van der Waals surface area (Å²) in [5, 5.41) is -0.530. The molecule has 1 unspecified atom stereocenters. The van der Waals surface area contributed by atoms with E-state index in [4.69, 9.17) is 0 Å². The number of hydrogen-bond donors (Lipinski definition) is 1. The predicted molar refractivity (Wildman–Crippen MR) is 109 cm³/mol. The third-order valence-corrected chi connectivity index (χ3v) is 8.14. The van der Waals surface area contributed by atoms with Gasteiger partial charge in [0.05, 0.1) is 10.8 Å². The number of nitrogens with one attached hydrogen (secondary N) is 1. The first-order chi connectivity index (χ1) is 13.5. The molecule has 0 bridgehead atoms. The van der Waals surface area contributed by atoms with E-state index >= 15 is 0 Å². The average Bonchev–Trinajstić information content (AvgIpc) is 3.41. The third kappa shape index (κ3) is 4.17. The van der Waals surface area contributed by atoms with Crippen LogP contribution < -0.4 is 9.62 Å². The lowest BCUT2D eigenvalue weighted by Gasteiger charge is -2.33. The Hall–Kier alpha value is -1.67. The summed E-state index contributed by atoms with van der Waals surface area (Å²) in [6.07, 6.45) is 9.28. The fourth-order valence-corrected chi connectivity index (χ4v) is 6.41. The Balaban J connectivity index is 1.48. The van der Waals surface area contributed by atoms with Crippen LogP contribution in [0.5, 0.6) is 0 Å². The number of sulfonamides is 1. The fraction of sp³-hybridized carbons (Fsp3) is 0.700. The van der Waals surface area contributed by atoms with Crippen LogP contribution in [0.2, 0.25) is 0 Å². The van der Waals surface area contributed by atoms with Crippen LogP contribution in [0.15, 0.2) is 18.3 Å². The van der Waals surface area contributed by atoms with Crippen LogP contribution in [0.25, 0.3) is 0 Å². The summed E-state index contributed by atoms with van der Waals surface area (Å²) >= 11 is 0. The highest BCUT2D eigenvalue weighted by molar-refractivity contribution is 7.90. The molecule has 8 heteroatoms. The Labute approximate surface area is 167 Å². The molecule has 3 heterocycles. The van der Waals surface area contributed by atoms with E-state index in [1.807, 2.05) is 6.07 Å². The smallest absolute Gasteiger partial charge is 0.257 e. The fourth-order valence-electron chi connectivity index (χ4n) is 4.66. The molecule has 1 aromatic heterocycles. The summed E-state index contributed by atoms with van der Waals surface area (Å²) in [5.74, 6) is 0.634. The molecule has 2 saturated heterocycles. The Morgan fingerprint density at radius 1 is 1.04 bits per heavy atom. The zero-order chi connectivity index (χ0) is 19.6. The lowest BCUT2D eigenvalue weighted by atomic mass is 10.1. The van der Waals surface area contributed by atoms with Gasteiger partial charge in [-0.05, 0) is 50.7 Å². The Morgan fingerprint density at radius 2 is 1.79 bits per heavy atom. The molecular formula is C20H30N4O3S. The molecule has 4 rings (SSSR count). The summed E-state index contributed by atoms with van der Waals surface area (Å²) in [6.45, 7) is 2.69. The number of amides is 1. The molecular weight excluding hydrogens is 376 g/mol. The molecule has 1 atom stereocenters. The number of likely N-dealkylation sites (tertiary alicyclic amines) is 1. The molecule has 154 valence electrons. The first-order valence-electron chi connectivity index (χ1n) is 10.5. The molecule has 2 aliphatic heterocycles. The van der Waals surface area contributed by atoms with Crippen molar-refractivity contribution in [1.82, 2.24) is 14.6 Å². The second kappa shape index (κ2) is 8.37. The van der Waals surface area contributed by atoms with Crippen LogP contribution in [0.4, 0.5) is 5.82 Å². The van der Waals surface area contributed by atoms with Gasteiger partial charge in [0.2, 0.25) is 10.0 Å². The number of hydrogen-bond acceptors (Lipinski definition) is 5. The molecule has 1 aromatic rings. The summed E-state index contributed by atoms with van der Waals surface area (Å²) < 4.78 is 28.6. The van der Waals surface area contributed by atoms with Crippen LogP contribution in [0, 0.1) is 0 Å². The van der Waals surface area contributed by atoms with Gasteiger partial charge in [-0.15, -0.1) is 0 Å². The summed E-state index contributed by atoms with van der Waals surface area (Å²) in [4.78, 5) is 21.6. The largest absolute Gasteiger partial charge is 0.356 e. The topological polar surface area (TPSA) is 82.6 Å². The van der Waals surface area contributed by atoms with E-state index in [0.717, 1.165) is 57.4 Å². The van der Waals surface area contributed by atoms with E-state index in [9.17, 15) is 13.2 Å². The Kier molecular flexibility index (Phi) is 5.87. The van der Waals surface area contributed by atoms with E-state index in [-0.39, 0.29) is 18.5 Å². The van der Waals surface area contributed by atoms with E-state index in [2.05, 4.69) is 14.6 Å². The molecule has 0 aromatic carbocycles. The average molecular weight is 407 g/mol. The number of aromatic nitrogens is 1. The summed E-state index contributed by atoms with van der Waals surface area (Å²) in [7, 11) is -3.41. The third-order valence-electron chi connectivity index (χ3n) is 6.21. The predicted octanol–water partition coefficient (Wildman–Crippen LogP) is 2.15. The van der Waals surface area contributed by atoms with Crippen molar-refractivity contribution in [2.24, 2.45) is 0 Å². The van der Waals surface area contributed by atoms with Gasteiger partial charge >= 0.3 is 0 Å². The van der Waals surface area contributed by atoms with Gasteiger partial charge in [-0.2, -0.15) is 0 Å². The van der Waals surface area contributed by atoms with Gasteiger partial charge < -0.3 is 9.80 Å². The number of rotatable bonds is 5. The van der Waals surface area contributed by atoms with Crippen molar-refractivity contribution < 1.29 is 13.2 Å². The van der Waals surface area contributed by atoms with Crippen LogP contribution in [-0.2, 0) is 10.0 Å². The number of carbonyl (C=O) groups is 1. The van der Waals surface area contributed by atoms with Crippen molar-refractivity contribution in [3.8, 4) is 0 Å². The maximum Gasteiger partial charge on any atom is 0.257 e. The summed E-state index contributed by atoms with van der Waals surface area (Å²) in [5.41, 5.74) is 0.589. The zero-order valence-electron chi connectivity index (χ0n) is 16.3. The van der Waals surface area contributed by atoms with Crippen molar-refractivity contribution in [3.63, 3.8) is 0 Å². The number of nitrogens with zero attached hydrogens (tertiary/aromatic N) is 3. The molecule has 0 spiro atoms. The van der Waals surface area contributed by atoms with Gasteiger partial charge in [0.15, 0.2) is 0 Å². The first-order valence-corrected chi connectivity index (χ1v) is 12.1. The van der Waals surface area contributed by atoms with Crippen LogP contribution >= 0.6 is 0 Å². The van der Waals surface area contributed by atoms with Gasteiger partial charge in [0.25, 0.3) is 5.91 Å². The van der Waals surface area contributed by atoms with Crippen LogP contribution in [0.3, 0.4) is 0 Å². The second-order valence-corrected chi connectivity index (χ2v) is 10.2. The van der Waals surface area contributed by atoms with E-state index in [1.165, 1.54) is 0 Å². The van der Waals surface area contributed by atoms with Gasteiger partial charge in [0, 0.05) is 38.4 Å². The molecule has 3 aliphatic rings. The Bertz CT molecular complexity index is 801. The molecule has 0 radical (unpaired) electrons. The minimum absolute atomic E-state index is 0.0659. The highest BCUT2D eigenvalue weighted by Crippen LogP contribution is 2.26. The van der Waals surface area contributed by atoms with Crippen molar-refractivity contribution in [2.45, 2.75) is 62.7 Å². The standard InChI is InChI=1S/C20H30N4O3S/c25-20(18-10-5-11-21-19(18)23-12-3-4-13-23)24-14-6-9-17(15-24)28(26,27)22-16-7-1-2-8-16/h5,10-11,16-17,22H,1-4,6-9,12-15H2. The second-order valence-electron chi connectivity index (χ2n) is 8.23. The minimum atomic E-state index is -3.41. The molecule has 28 heavy (non-hydrogen) atoms. The molecule has 1 amide bonds. The highest BCUT2D eigenvalue weighted by Gasteiger charge is 2.35. The normalized spacial score (nSPS) is 24.1. The Morgan fingerprint density at radius 3 is 2.54 bits per heavy atom. The van der Waals surface area contributed by atoms with Gasteiger partial charge in [-0.1, -0.05) is 12.8 Å². The minimum Gasteiger partial charge on any atom is -0.356 e. The maximum absolute atomic E-state index is 13.2. The van der Waals surface area contributed by atoms with Crippen molar-refractivity contribution in [1.29, 1.82) is 0 Å². The molecule has 1 aliphatic carbocycles.